The number of carbonyl (C=O) groups excluding carboxylic acids is 1. The maximum Gasteiger partial charge on any atom is 0.193 e. The zero-order valence-corrected chi connectivity index (χ0v) is 16.8. The van der Waals surface area contributed by atoms with E-state index < -0.39 is 0 Å². The maximum atomic E-state index is 13.1. The highest BCUT2D eigenvalue weighted by Crippen LogP contribution is 2.31. The Labute approximate surface area is 165 Å². The lowest BCUT2D eigenvalue weighted by Crippen LogP contribution is -2.44. The van der Waals surface area contributed by atoms with Crippen molar-refractivity contribution >= 4 is 23.1 Å². The van der Waals surface area contributed by atoms with Crippen molar-refractivity contribution in [3.05, 3.63) is 77.0 Å². The topological polar surface area (TPSA) is 50.4 Å². The van der Waals surface area contributed by atoms with Crippen molar-refractivity contribution < 1.29 is 9.53 Å². The van der Waals surface area contributed by atoms with Crippen molar-refractivity contribution in [2.45, 2.75) is 39.3 Å². The fraction of sp³-hybridized carbons (Fsp3) is 0.273. The van der Waals surface area contributed by atoms with E-state index in [-0.39, 0.29) is 17.4 Å². The molecule has 2 aromatic rings. The van der Waals surface area contributed by atoms with Crippen molar-refractivity contribution in [3.8, 4) is 5.75 Å². The van der Waals surface area contributed by atoms with Gasteiger partial charge in [0.2, 0.25) is 0 Å². The monoisotopic (exact) mass is 380 g/mol. The van der Waals surface area contributed by atoms with Crippen LogP contribution in [0.4, 0.5) is 0 Å². The first-order valence-electron chi connectivity index (χ1n) is 8.91. The van der Waals surface area contributed by atoms with Crippen molar-refractivity contribution in [1.29, 1.82) is 0 Å². The Morgan fingerprint density at radius 1 is 1.04 bits per heavy atom. The Morgan fingerprint density at radius 3 is 2.26 bits per heavy atom. The van der Waals surface area contributed by atoms with Crippen LogP contribution in [0.25, 0.3) is 0 Å². The number of ether oxygens (including phenoxy) is 1. The van der Waals surface area contributed by atoms with E-state index in [9.17, 15) is 4.79 Å². The van der Waals surface area contributed by atoms with Gasteiger partial charge in [0.25, 0.3) is 0 Å². The molecule has 2 N–H and O–H groups in total. The summed E-state index contributed by atoms with van der Waals surface area (Å²) in [6, 6.07) is 16.8. The number of hydrogen-bond donors (Lipinski definition) is 2. The standard InChI is InChI=1S/C22H24N2O2S/c1-14-18(20(25)16-8-6-5-7-9-16)19(24-21(27)23-14)15-10-12-17(13-11-15)26-22(2,3)4/h5-13,19H,1-4H3,(H2,23,24,27). The Bertz CT molecular complexity index is 881. The van der Waals surface area contributed by atoms with Crippen LogP contribution < -0.4 is 15.4 Å². The smallest absolute Gasteiger partial charge is 0.193 e. The number of thiocarbonyl (C=S) groups is 1. The maximum absolute atomic E-state index is 13.1. The third-order valence-electron chi connectivity index (χ3n) is 4.19. The molecule has 0 fully saturated rings. The van der Waals surface area contributed by atoms with Gasteiger partial charge in [-0.2, -0.15) is 0 Å². The molecule has 2 aromatic carbocycles. The molecule has 1 aliphatic rings. The fourth-order valence-corrected chi connectivity index (χ4v) is 3.34. The molecule has 0 aromatic heterocycles. The quantitative estimate of drug-likeness (QED) is 0.602. The van der Waals surface area contributed by atoms with Gasteiger partial charge in [-0.1, -0.05) is 42.5 Å². The first-order valence-corrected chi connectivity index (χ1v) is 9.32. The van der Waals surface area contributed by atoms with Gasteiger partial charge in [0.15, 0.2) is 10.9 Å². The minimum Gasteiger partial charge on any atom is -0.488 e. The van der Waals surface area contributed by atoms with Crippen molar-refractivity contribution in [2.75, 3.05) is 0 Å². The van der Waals surface area contributed by atoms with Crippen LogP contribution in [0.2, 0.25) is 0 Å². The third-order valence-corrected chi connectivity index (χ3v) is 4.41. The predicted molar refractivity (Wildman–Crippen MR) is 112 cm³/mol. The zero-order chi connectivity index (χ0) is 19.6. The molecule has 5 heteroatoms. The summed E-state index contributed by atoms with van der Waals surface area (Å²) in [5.74, 6) is 0.773. The molecule has 0 bridgehead atoms. The van der Waals surface area contributed by atoms with Crippen molar-refractivity contribution in [1.82, 2.24) is 10.6 Å². The second-order valence-corrected chi connectivity index (χ2v) is 7.96. The molecular weight excluding hydrogens is 356 g/mol. The minimum atomic E-state index is -0.310. The van der Waals surface area contributed by atoms with Gasteiger partial charge in [-0.15, -0.1) is 0 Å². The molecule has 27 heavy (non-hydrogen) atoms. The molecular formula is C22H24N2O2S. The highest BCUT2D eigenvalue weighted by Gasteiger charge is 2.30. The summed E-state index contributed by atoms with van der Waals surface area (Å²) in [7, 11) is 0. The lowest BCUT2D eigenvalue weighted by molar-refractivity contribution is 0.102. The van der Waals surface area contributed by atoms with Crippen molar-refractivity contribution in [3.63, 3.8) is 0 Å². The van der Waals surface area contributed by atoms with Gasteiger partial charge < -0.3 is 15.4 Å². The summed E-state index contributed by atoms with van der Waals surface area (Å²) in [5.41, 5.74) is 2.78. The Balaban J connectivity index is 1.95. The average Bonchev–Trinajstić information content (AvgIpc) is 2.60. The molecule has 0 saturated carbocycles. The van der Waals surface area contributed by atoms with Gasteiger partial charge in [0, 0.05) is 16.8 Å². The second kappa shape index (κ2) is 7.53. The van der Waals surface area contributed by atoms with E-state index in [1.54, 1.807) is 0 Å². The van der Waals surface area contributed by atoms with E-state index in [4.69, 9.17) is 17.0 Å². The third kappa shape index (κ3) is 4.55. The summed E-state index contributed by atoms with van der Waals surface area (Å²) in [5, 5.41) is 6.82. The van der Waals surface area contributed by atoms with E-state index in [2.05, 4.69) is 10.6 Å². The molecule has 1 unspecified atom stereocenters. The van der Waals surface area contributed by atoms with E-state index in [0.717, 1.165) is 17.0 Å². The molecule has 3 rings (SSSR count). The molecule has 0 radical (unpaired) electrons. The predicted octanol–water partition coefficient (Wildman–Crippen LogP) is 4.54. The highest BCUT2D eigenvalue weighted by molar-refractivity contribution is 7.80. The summed E-state index contributed by atoms with van der Waals surface area (Å²) < 4.78 is 5.89. The lowest BCUT2D eigenvalue weighted by Gasteiger charge is -2.30. The molecule has 1 aliphatic heterocycles. The average molecular weight is 381 g/mol. The Hall–Kier alpha value is -2.66. The number of Topliss-reactive ketones (excluding diaryl/α,β-unsaturated/α-hetero) is 1. The highest BCUT2D eigenvalue weighted by atomic mass is 32.1. The van der Waals surface area contributed by atoms with Crippen LogP contribution in [0, 0.1) is 0 Å². The van der Waals surface area contributed by atoms with Gasteiger partial charge in [0.1, 0.15) is 11.4 Å². The minimum absolute atomic E-state index is 0.0179. The summed E-state index contributed by atoms with van der Waals surface area (Å²) in [6.45, 7) is 7.91. The van der Waals surface area contributed by atoms with E-state index in [1.807, 2.05) is 82.3 Å². The summed E-state index contributed by atoms with van der Waals surface area (Å²) >= 11 is 5.32. The van der Waals surface area contributed by atoms with Gasteiger partial charge in [-0.25, -0.2) is 0 Å². The summed E-state index contributed by atoms with van der Waals surface area (Å²) in [4.78, 5) is 13.1. The van der Waals surface area contributed by atoms with E-state index in [1.165, 1.54) is 0 Å². The first kappa shape index (κ1) is 19.1. The van der Waals surface area contributed by atoms with Gasteiger partial charge >= 0.3 is 0 Å². The largest absolute Gasteiger partial charge is 0.488 e. The molecule has 0 aliphatic carbocycles. The van der Waals surface area contributed by atoms with Crippen LogP contribution in [0.5, 0.6) is 5.75 Å². The second-order valence-electron chi connectivity index (χ2n) is 7.55. The number of nitrogens with one attached hydrogen (secondary N) is 2. The first-order chi connectivity index (χ1) is 12.7. The number of carbonyl (C=O) groups is 1. The van der Waals surface area contributed by atoms with Crippen LogP contribution in [0.1, 0.15) is 49.7 Å². The van der Waals surface area contributed by atoms with Crippen LogP contribution in [0.3, 0.4) is 0 Å². The molecule has 0 spiro atoms. The molecule has 4 nitrogen and oxygen atoms in total. The van der Waals surface area contributed by atoms with Gasteiger partial charge in [-0.3, -0.25) is 4.79 Å². The van der Waals surface area contributed by atoms with Crippen LogP contribution in [-0.2, 0) is 0 Å². The molecule has 0 saturated heterocycles. The fourth-order valence-electron chi connectivity index (χ4n) is 3.07. The summed E-state index contributed by atoms with van der Waals surface area (Å²) in [6.07, 6.45) is 0. The SMILES string of the molecule is CC1=C(C(=O)c2ccccc2)C(c2ccc(OC(C)(C)C)cc2)NC(=S)N1. The number of benzene rings is 2. The number of hydrogen-bond acceptors (Lipinski definition) is 3. The van der Waals surface area contributed by atoms with Crippen molar-refractivity contribution in [2.24, 2.45) is 0 Å². The Kier molecular flexibility index (Phi) is 5.33. The van der Waals surface area contributed by atoms with E-state index >= 15 is 0 Å². The zero-order valence-electron chi connectivity index (χ0n) is 16.0. The van der Waals surface area contributed by atoms with Gasteiger partial charge in [0.05, 0.1) is 6.04 Å². The molecule has 1 atom stereocenters. The number of allylic oxidation sites excluding steroid dienone is 1. The van der Waals surface area contributed by atoms with Gasteiger partial charge in [-0.05, 0) is 57.6 Å². The molecule has 0 amide bonds. The normalized spacial score (nSPS) is 17.2. The number of ketones is 1. The van der Waals surface area contributed by atoms with E-state index in [0.29, 0.717) is 16.2 Å². The molecule has 1 heterocycles. The Morgan fingerprint density at radius 2 is 1.67 bits per heavy atom. The molecule has 140 valence electrons. The number of rotatable bonds is 4. The van der Waals surface area contributed by atoms with Crippen LogP contribution >= 0.6 is 12.2 Å². The lowest BCUT2D eigenvalue weighted by atomic mass is 9.89. The van der Waals surface area contributed by atoms with Crippen LogP contribution in [-0.4, -0.2) is 16.5 Å². The van der Waals surface area contributed by atoms with Crippen LogP contribution in [0.15, 0.2) is 65.9 Å².